The minimum absolute atomic E-state index is 0. The van der Waals surface area contributed by atoms with E-state index in [1.807, 2.05) is 0 Å². The van der Waals surface area contributed by atoms with Crippen LogP contribution in [0.5, 0.6) is 0 Å². The fraction of sp³-hybridized carbons (Fsp3) is 0.417. The summed E-state index contributed by atoms with van der Waals surface area (Å²) in [5.41, 5.74) is 1.19. The Morgan fingerprint density at radius 1 is 1.26 bits per heavy atom. The number of hydrogen-bond donors (Lipinski definition) is 0. The molecule has 1 aliphatic heterocycles. The molecule has 0 aliphatic carbocycles. The van der Waals surface area contributed by atoms with Gasteiger partial charge >= 0.3 is 29.6 Å². The largest absolute Gasteiger partial charge is 1.00 e. The smallest absolute Gasteiger partial charge is 0.747 e. The number of benzene rings is 1. The predicted molar refractivity (Wildman–Crippen MR) is 66.1 cm³/mol. The van der Waals surface area contributed by atoms with Gasteiger partial charge in [0.05, 0.1) is 5.25 Å². The van der Waals surface area contributed by atoms with E-state index in [2.05, 4.69) is 0 Å². The molecule has 1 aromatic rings. The molecule has 1 aromatic carbocycles. The third-order valence-corrected chi connectivity index (χ3v) is 4.32. The van der Waals surface area contributed by atoms with Gasteiger partial charge in [-0.3, -0.25) is 4.79 Å². The van der Waals surface area contributed by atoms with Crippen molar-refractivity contribution in [1.29, 1.82) is 0 Å². The van der Waals surface area contributed by atoms with Crippen LogP contribution in [-0.2, 0) is 14.9 Å². The van der Waals surface area contributed by atoms with Crippen molar-refractivity contribution in [3.63, 3.8) is 0 Å². The van der Waals surface area contributed by atoms with Crippen molar-refractivity contribution in [2.75, 3.05) is 11.4 Å². The second-order valence-electron chi connectivity index (χ2n) is 4.38. The number of carbonyl (C=O) groups excluding carboxylic acids is 1. The zero-order valence-corrected chi connectivity index (χ0v) is 13.8. The van der Waals surface area contributed by atoms with Crippen LogP contribution in [0.1, 0.15) is 30.6 Å². The fourth-order valence-electron chi connectivity index (χ4n) is 2.01. The zero-order valence-electron chi connectivity index (χ0n) is 11.0. The summed E-state index contributed by atoms with van der Waals surface area (Å²) in [7, 11) is -4.33. The molecule has 0 spiro atoms. The van der Waals surface area contributed by atoms with E-state index in [0.29, 0.717) is 18.5 Å². The number of carbonyl (C=O) groups is 1. The molecule has 0 radical (unpaired) electrons. The summed E-state index contributed by atoms with van der Waals surface area (Å²) in [6.07, 6.45) is 1.39. The first-order valence-electron chi connectivity index (χ1n) is 5.74. The van der Waals surface area contributed by atoms with Crippen molar-refractivity contribution in [3.8, 4) is 0 Å². The average Bonchev–Trinajstić information content (AvgIpc) is 2.73. The summed E-state index contributed by atoms with van der Waals surface area (Å²) < 4.78 is 32.7. The number of anilines is 1. The molecule has 1 atom stereocenters. The van der Waals surface area contributed by atoms with Crippen molar-refractivity contribution >= 4 is 21.7 Å². The van der Waals surface area contributed by atoms with Gasteiger partial charge in [-0.25, -0.2) is 8.42 Å². The van der Waals surface area contributed by atoms with Crippen LogP contribution in [0, 0.1) is 0 Å². The number of amides is 1. The third-order valence-electron chi connectivity index (χ3n) is 3.18. The quantitative estimate of drug-likeness (QED) is 0.498. The predicted octanol–water partition coefficient (Wildman–Crippen LogP) is -1.58. The van der Waals surface area contributed by atoms with Gasteiger partial charge in [0.2, 0.25) is 5.91 Å². The van der Waals surface area contributed by atoms with Gasteiger partial charge in [0, 0.05) is 18.7 Å². The summed E-state index contributed by atoms with van der Waals surface area (Å²) in [5.74, 6) is 0.0762. The Morgan fingerprint density at radius 3 is 2.26 bits per heavy atom. The minimum Gasteiger partial charge on any atom is -0.747 e. The average molecular weight is 291 g/mol. The molecular weight excluding hydrogens is 277 g/mol. The van der Waals surface area contributed by atoms with E-state index in [-0.39, 0.29) is 35.5 Å². The van der Waals surface area contributed by atoms with Gasteiger partial charge < -0.3 is 9.45 Å². The summed E-state index contributed by atoms with van der Waals surface area (Å²) in [4.78, 5) is 13.2. The van der Waals surface area contributed by atoms with Crippen molar-refractivity contribution < 1.29 is 47.3 Å². The van der Waals surface area contributed by atoms with E-state index in [1.165, 1.54) is 6.92 Å². The molecule has 1 heterocycles. The molecular formula is C12H14NNaO4S. The molecule has 98 valence electrons. The number of hydrogen-bond acceptors (Lipinski definition) is 4. The van der Waals surface area contributed by atoms with E-state index in [1.54, 1.807) is 29.2 Å². The molecule has 0 bridgehead atoms. The van der Waals surface area contributed by atoms with Gasteiger partial charge in [-0.05, 0) is 31.0 Å². The molecule has 1 saturated heterocycles. The summed E-state index contributed by atoms with van der Waals surface area (Å²) >= 11 is 0. The fourth-order valence-corrected chi connectivity index (χ4v) is 2.50. The maximum Gasteiger partial charge on any atom is 1.00 e. The Labute approximate surface area is 135 Å². The van der Waals surface area contributed by atoms with Crippen LogP contribution in [0.25, 0.3) is 0 Å². The molecule has 5 nitrogen and oxygen atoms in total. The second kappa shape index (κ2) is 6.37. The Balaban J connectivity index is 0.00000180. The van der Waals surface area contributed by atoms with E-state index < -0.39 is 15.4 Å². The molecule has 0 aromatic heterocycles. The first kappa shape index (κ1) is 16.7. The third kappa shape index (κ3) is 3.79. The van der Waals surface area contributed by atoms with Gasteiger partial charge in [-0.1, -0.05) is 12.1 Å². The minimum atomic E-state index is -4.33. The van der Waals surface area contributed by atoms with E-state index in [9.17, 15) is 17.8 Å². The molecule has 1 aliphatic rings. The molecule has 1 unspecified atom stereocenters. The van der Waals surface area contributed by atoms with E-state index in [0.717, 1.165) is 12.1 Å². The monoisotopic (exact) mass is 291 g/mol. The Hall–Kier alpha value is -0.400. The Morgan fingerprint density at radius 2 is 1.84 bits per heavy atom. The van der Waals surface area contributed by atoms with Gasteiger partial charge in [0.25, 0.3) is 0 Å². The molecule has 0 saturated carbocycles. The summed E-state index contributed by atoms with van der Waals surface area (Å²) in [6, 6.07) is 6.53. The summed E-state index contributed by atoms with van der Waals surface area (Å²) in [5, 5.41) is -1.07. The maximum absolute atomic E-state index is 11.5. The first-order valence-corrected chi connectivity index (χ1v) is 7.22. The van der Waals surface area contributed by atoms with Crippen molar-refractivity contribution in [3.05, 3.63) is 29.8 Å². The Bertz CT molecular complexity index is 556. The number of nitrogens with zero attached hydrogens (tertiary/aromatic N) is 1. The van der Waals surface area contributed by atoms with Crippen LogP contribution in [-0.4, -0.2) is 25.4 Å². The molecule has 0 N–H and O–H groups in total. The number of rotatable bonds is 3. The standard InChI is InChI=1S/C12H15NO4S.Na/c1-9(18(15,16)17)10-4-6-11(7-5-10)13-8-2-3-12(13)14;/h4-7,9H,2-3,8H2,1H3,(H,15,16,17);/q;+1/p-1. The molecule has 19 heavy (non-hydrogen) atoms. The van der Waals surface area contributed by atoms with Gasteiger partial charge in [0.1, 0.15) is 10.1 Å². The van der Waals surface area contributed by atoms with Gasteiger partial charge in [-0.2, -0.15) is 0 Å². The SMILES string of the molecule is CC(c1ccc(N2CCCC2=O)cc1)S(=O)(=O)[O-].[Na+]. The van der Waals surface area contributed by atoms with E-state index >= 15 is 0 Å². The van der Waals surface area contributed by atoms with E-state index in [4.69, 9.17) is 0 Å². The molecule has 1 fully saturated rings. The topological polar surface area (TPSA) is 77.5 Å². The van der Waals surface area contributed by atoms with Crippen LogP contribution < -0.4 is 34.5 Å². The van der Waals surface area contributed by atoms with Crippen LogP contribution in [0.4, 0.5) is 5.69 Å². The molecule has 7 heteroatoms. The maximum atomic E-state index is 11.5. The van der Waals surface area contributed by atoms with Crippen LogP contribution in [0.15, 0.2) is 24.3 Å². The van der Waals surface area contributed by atoms with Crippen molar-refractivity contribution in [1.82, 2.24) is 0 Å². The van der Waals surface area contributed by atoms with Crippen molar-refractivity contribution in [2.24, 2.45) is 0 Å². The van der Waals surface area contributed by atoms with Crippen LogP contribution in [0.3, 0.4) is 0 Å². The van der Waals surface area contributed by atoms with Crippen LogP contribution in [0.2, 0.25) is 0 Å². The first-order chi connectivity index (χ1) is 8.39. The summed E-state index contributed by atoms with van der Waals surface area (Å²) in [6.45, 7) is 2.05. The normalized spacial score (nSPS) is 17.2. The Kier molecular flexibility index (Phi) is 5.58. The van der Waals surface area contributed by atoms with Gasteiger partial charge in [0.15, 0.2) is 0 Å². The zero-order chi connectivity index (χ0) is 13.3. The second-order valence-corrected chi connectivity index (χ2v) is 6.07. The molecule has 2 rings (SSSR count). The molecule has 1 amide bonds. The van der Waals surface area contributed by atoms with Crippen LogP contribution >= 0.6 is 0 Å². The van der Waals surface area contributed by atoms with Crippen molar-refractivity contribution in [2.45, 2.75) is 25.0 Å². The van der Waals surface area contributed by atoms with Gasteiger partial charge in [-0.15, -0.1) is 0 Å².